The van der Waals surface area contributed by atoms with Crippen molar-refractivity contribution in [1.82, 2.24) is 5.32 Å². The fraction of sp³-hybridized carbons (Fsp3) is 1.00. The fourth-order valence-corrected chi connectivity index (χ4v) is 3.81. The van der Waals surface area contributed by atoms with Crippen LogP contribution in [-0.2, 0) is 4.74 Å². The molecule has 0 heterocycles. The molecule has 0 aliphatic heterocycles. The van der Waals surface area contributed by atoms with Crippen LogP contribution >= 0.6 is 0 Å². The molecule has 2 atom stereocenters. The Bertz CT molecular complexity index is 218. The second-order valence-corrected chi connectivity index (χ2v) is 6.26. The second kappa shape index (κ2) is 8.97. The predicted molar refractivity (Wildman–Crippen MR) is 83.6 cm³/mol. The van der Waals surface area contributed by atoms with Crippen molar-refractivity contribution in [3.05, 3.63) is 0 Å². The summed E-state index contributed by atoms with van der Waals surface area (Å²) in [6.45, 7) is 11.1. The quantitative estimate of drug-likeness (QED) is 0.664. The summed E-state index contributed by atoms with van der Waals surface area (Å²) in [5.74, 6) is 0.709. The molecule has 0 aromatic heterocycles. The standard InChI is InChI=1S/C17H35NO/c1-5-11-15(4)16(18-14-6-2)17(19-7-3)12-9-8-10-13-17/h15-16,18H,5-14H2,1-4H3. The van der Waals surface area contributed by atoms with Crippen LogP contribution < -0.4 is 5.32 Å². The molecule has 0 amide bonds. The molecule has 2 nitrogen and oxygen atoms in total. The van der Waals surface area contributed by atoms with Gasteiger partial charge in [0, 0.05) is 12.6 Å². The summed E-state index contributed by atoms with van der Waals surface area (Å²) in [6, 6.07) is 0.535. The molecule has 1 aliphatic carbocycles. The van der Waals surface area contributed by atoms with Gasteiger partial charge in [-0.05, 0) is 45.1 Å². The van der Waals surface area contributed by atoms with Gasteiger partial charge in [0.25, 0.3) is 0 Å². The van der Waals surface area contributed by atoms with E-state index in [0.717, 1.165) is 13.2 Å². The summed E-state index contributed by atoms with van der Waals surface area (Å²) in [5, 5.41) is 3.82. The van der Waals surface area contributed by atoms with E-state index in [-0.39, 0.29) is 5.60 Å². The Labute approximate surface area is 120 Å². The van der Waals surface area contributed by atoms with Crippen LogP contribution in [0.25, 0.3) is 0 Å². The lowest BCUT2D eigenvalue weighted by atomic mass is 9.73. The van der Waals surface area contributed by atoms with Crippen LogP contribution in [0.1, 0.15) is 79.1 Å². The molecule has 0 radical (unpaired) electrons. The lowest BCUT2D eigenvalue weighted by Gasteiger charge is -2.46. The SMILES string of the molecule is CCCNC(C(C)CCC)C1(OCC)CCCCC1. The average molecular weight is 269 g/mol. The third-order valence-corrected chi connectivity index (χ3v) is 4.63. The molecular formula is C17H35NO. The van der Waals surface area contributed by atoms with Crippen LogP contribution in [-0.4, -0.2) is 24.8 Å². The van der Waals surface area contributed by atoms with Crippen molar-refractivity contribution in [3.8, 4) is 0 Å². The Kier molecular flexibility index (Phi) is 8.01. The average Bonchev–Trinajstić information content (AvgIpc) is 2.41. The Morgan fingerprint density at radius 2 is 1.74 bits per heavy atom. The number of ether oxygens (including phenoxy) is 1. The van der Waals surface area contributed by atoms with Crippen LogP contribution in [0.2, 0.25) is 0 Å². The third-order valence-electron chi connectivity index (χ3n) is 4.63. The largest absolute Gasteiger partial charge is 0.374 e. The first kappa shape index (κ1) is 17.0. The van der Waals surface area contributed by atoms with Gasteiger partial charge in [0.15, 0.2) is 0 Å². The molecule has 2 unspecified atom stereocenters. The zero-order valence-corrected chi connectivity index (χ0v) is 13.6. The van der Waals surface area contributed by atoms with Gasteiger partial charge in [-0.2, -0.15) is 0 Å². The van der Waals surface area contributed by atoms with Crippen molar-refractivity contribution in [2.75, 3.05) is 13.2 Å². The van der Waals surface area contributed by atoms with Gasteiger partial charge in [-0.1, -0.05) is 46.5 Å². The fourth-order valence-electron chi connectivity index (χ4n) is 3.81. The maximum atomic E-state index is 6.33. The van der Waals surface area contributed by atoms with E-state index in [2.05, 4.69) is 33.0 Å². The zero-order valence-electron chi connectivity index (χ0n) is 13.6. The Morgan fingerprint density at radius 3 is 2.26 bits per heavy atom. The normalized spacial score (nSPS) is 22.1. The smallest absolute Gasteiger partial charge is 0.0837 e. The second-order valence-electron chi connectivity index (χ2n) is 6.26. The van der Waals surface area contributed by atoms with Crippen molar-refractivity contribution >= 4 is 0 Å². The number of rotatable bonds is 9. The van der Waals surface area contributed by atoms with Crippen LogP contribution in [0.4, 0.5) is 0 Å². The summed E-state index contributed by atoms with van der Waals surface area (Å²) in [7, 11) is 0. The predicted octanol–water partition coefficient (Wildman–Crippen LogP) is 4.53. The molecular weight excluding hydrogens is 234 g/mol. The van der Waals surface area contributed by atoms with E-state index in [1.807, 2.05) is 0 Å². The van der Waals surface area contributed by atoms with Gasteiger partial charge in [0.05, 0.1) is 5.60 Å². The van der Waals surface area contributed by atoms with Crippen LogP contribution in [0.3, 0.4) is 0 Å². The van der Waals surface area contributed by atoms with E-state index < -0.39 is 0 Å². The van der Waals surface area contributed by atoms with Gasteiger partial charge in [-0.15, -0.1) is 0 Å². The molecule has 0 aromatic carbocycles. The Hall–Kier alpha value is -0.0800. The minimum atomic E-state index is 0.108. The van der Waals surface area contributed by atoms with E-state index in [1.54, 1.807) is 0 Å². The molecule has 19 heavy (non-hydrogen) atoms. The van der Waals surface area contributed by atoms with Crippen molar-refractivity contribution < 1.29 is 4.74 Å². The van der Waals surface area contributed by atoms with Gasteiger partial charge in [0.1, 0.15) is 0 Å². The Morgan fingerprint density at radius 1 is 1.05 bits per heavy atom. The summed E-state index contributed by atoms with van der Waals surface area (Å²) in [4.78, 5) is 0. The molecule has 1 rings (SSSR count). The zero-order chi connectivity index (χ0) is 14.1. The first-order valence-electron chi connectivity index (χ1n) is 8.57. The lowest BCUT2D eigenvalue weighted by Crippen LogP contribution is -2.57. The number of nitrogens with one attached hydrogen (secondary N) is 1. The molecule has 1 fully saturated rings. The maximum Gasteiger partial charge on any atom is 0.0837 e. The van der Waals surface area contributed by atoms with Crippen LogP contribution in [0.5, 0.6) is 0 Å². The molecule has 1 N–H and O–H groups in total. The highest BCUT2D eigenvalue weighted by Crippen LogP contribution is 2.38. The monoisotopic (exact) mass is 269 g/mol. The summed E-state index contributed by atoms with van der Waals surface area (Å²) in [5.41, 5.74) is 0.108. The topological polar surface area (TPSA) is 21.3 Å². The van der Waals surface area contributed by atoms with Gasteiger partial charge in [0.2, 0.25) is 0 Å². The van der Waals surface area contributed by atoms with Crippen LogP contribution in [0.15, 0.2) is 0 Å². The van der Waals surface area contributed by atoms with E-state index in [9.17, 15) is 0 Å². The minimum absolute atomic E-state index is 0.108. The highest BCUT2D eigenvalue weighted by atomic mass is 16.5. The molecule has 1 saturated carbocycles. The van der Waals surface area contributed by atoms with Gasteiger partial charge in [-0.25, -0.2) is 0 Å². The summed E-state index contributed by atoms with van der Waals surface area (Å²) >= 11 is 0. The van der Waals surface area contributed by atoms with E-state index in [1.165, 1.54) is 51.4 Å². The van der Waals surface area contributed by atoms with Crippen molar-refractivity contribution in [2.24, 2.45) is 5.92 Å². The number of hydrogen-bond donors (Lipinski definition) is 1. The molecule has 0 saturated heterocycles. The first-order chi connectivity index (χ1) is 9.20. The minimum Gasteiger partial charge on any atom is -0.374 e. The Balaban J connectivity index is 2.81. The van der Waals surface area contributed by atoms with E-state index in [4.69, 9.17) is 4.74 Å². The molecule has 0 spiro atoms. The molecule has 1 aliphatic rings. The first-order valence-corrected chi connectivity index (χ1v) is 8.57. The van der Waals surface area contributed by atoms with Gasteiger partial charge < -0.3 is 10.1 Å². The third kappa shape index (κ3) is 4.75. The molecule has 0 aromatic rings. The van der Waals surface area contributed by atoms with Crippen molar-refractivity contribution in [1.29, 1.82) is 0 Å². The molecule has 114 valence electrons. The highest BCUT2D eigenvalue weighted by molar-refractivity contribution is 4.97. The molecule has 0 bridgehead atoms. The lowest BCUT2D eigenvalue weighted by molar-refractivity contribution is -0.101. The number of hydrogen-bond acceptors (Lipinski definition) is 2. The van der Waals surface area contributed by atoms with E-state index >= 15 is 0 Å². The summed E-state index contributed by atoms with van der Waals surface area (Å²) in [6.07, 6.45) is 10.3. The van der Waals surface area contributed by atoms with Crippen LogP contribution in [0, 0.1) is 5.92 Å². The van der Waals surface area contributed by atoms with Gasteiger partial charge >= 0.3 is 0 Å². The maximum absolute atomic E-state index is 6.33. The highest BCUT2D eigenvalue weighted by Gasteiger charge is 2.42. The molecule has 2 heteroatoms. The van der Waals surface area contributed by atoms with Gasteiger partial charge in [-0.3, -0.25) is 0 Å². The van der Waals surface area contributed by atoms with E-state index in [0.29, 0.717) is 12.0 Å². The van der Waals surface area contributed by atoms with Crippen molar-refractivity contribution in [3.63, 3.8) is 0 Å². The van der Waals surface area contributed by atoms with Crippen molar-refractivity contribution in [2.45, 2.75) is 90.7 Å². The summed E-state index contributed by atoms with van der Waals surface area (Å²) < 4.78 is 6.33.